The second-order valence-corrected chi connectivity index (χ2v) is 4.39. The minimum atomic E-state index is -4.31. The number of hydrogen-bond donors (Lipinski definition) is 2. The van der Waals surface area contributed by atoms with E-state index in [1.54, 1.807) is 6.92 Å². The maximum atomic E-state index is 11.8. The van der Waals surface area contributed by atoms with Crippen molar-refractivity contribution in [2.75, 3.05) is 19.8 Å². The lowest BCUT2D eigenvalue weighted by Gasteiger charge is -2.27. The van der Waals surface area contributed by atoms with Gasteiger partial charge in [-0.1, -0.05) is 6.92 Å². The van der Waals surface area contributed by atoms with Crippen molar-refractivity contribution in [2.45, 2.75) is 44.8 Å². The molecule has 1 unspecified atom stereocenters. The topological polar surface area (TPSA) is 64.3 Å². The number of hydrogen-bond acceptors (Lipinski definition) is 3. The molecule has 0 aromatic heterocycles. The predicted molar refractivity (Wildman–Crippen MR) is 62.0 cm³/mol. The van der Waals surface area contributed by atoms with E-state index in [0.29, 0.717) is 19.4 Å². The Morgan fingerprint density at radius 1 is 1.39 bits per heavy atom. The van der Waals surface area contributed by atoms with Gasteiger partial charge in [-0.15, -0.1) is 0 Å². The van der Waals surface area contributed by atoms with Crippen LogP contribution in [-0.4, -0.2) is 37.4 Å². The normalized spacial score (nSPS) is 15.4. The van der Waals surface area contributed by atoms with Crippen LogP contribution in [0, 0.1) is 0 Å². The first-order chi connectivity index (χ1) is 8.21. The number of halogens is 3. The highest BCUT2D eigenvalue weighted by Gasteiger charge is 2.30. The number of ether oxygens (including phenoxy) is 1. The van der Waals surface area contributed by atoms with E-state index in [0.717, 1.165) is 6.42 Å². The molecule has 0 aromatic carbocycles. The first kappa shape index (κ1) is 17.2. The summed E-state index contributed by atoms with van der Waals surface area (Å²) in [5, 5.41) is 3.00. The van der Waals surface area contributed by atoms with Gasteiger partial charge in [-0.25, -0.2) is 0 Å². The number of primary amides is 1. The molecular weight excluding hydrogens is 249 g/mol. The van der Waals surface area contributed by atoms with Gasteiger partial charge < -0.3 is 15.8 Å². The summed E-state index contributed by atoms with van der Waals surface area (Å²) >= 11 is 0. The number of rotatable bonds is 9. The zero-order valence-electron chi connectivity index (χ0n) is 10.8. The molecule has 3 N–H and O–H groups in total. The minimum absolute atomic E-state index is 0.0455. The van der Waals surface area contributed by atoms with Gasteiger partial charge in [0.1, 0.15) is 6.61 Å². The zero-order chi connectivity index (χ0) is 14.2. The smallest absolute Gasteiger partial charge is 0.372 e. The van der Waals surface area contributed by atoms with E-state index in [2.05, 4.69) is 10.1 Å². The molecule has 0 spiro atoms. The van der Waals surface area contributed by atoms with Crippen LogP contribution in [-0.2, 0) is 9.53 Å². The van der Waals surface area contributed by atoms with Crippen LogP contribution in [0.5, 0.6) is 0 Å². The van der Waals surface area contributed by atoms with Crippen molar-refractivity contribution in [1.82, 2.24) is 5.32 Å². The SMILES string of the molecule is CCCNC(C)(CCCOCC(F)(F)F)C(N)=O. The van der Waals surface area contributed by atoms with Crippen LogP contribution < -0.4 is 11.1 Å². The molecule has 0 aliphatic heterocycles. The van der Waals surface area contributed by atoms with Gasteiger partial charge in [-0.2, -0.15) is 13.2 Å². The maximum absolute atomic E-state index is 11.8. The van der Waals surface area contributed by atoms with Crippen LogP contribution in [0.25, 0.3) is 0 Å². The van der Waals surface area contributed by atoms with Gasteiger partial charge >= 0.3 is 6.18 Å². The summed E-state index contributed by atoms with van der Waals surface area (Å²) in [5.74, 6) is -0.508. The Hall–Kier alpha value is -0.820. The molecule has 0 aromatic rings. The van der Waals surface area contributed by atoms with Crippen molar-refractivity contribution in [2.24, 2.45) is 5.73 Å². The fourth-order valence-electron chi connectivity index (χ4n) is 1.42. The van der Waals surface area contributed by atoms with Crippen LogP contribution in [0.15, 0.2) is 0 Å². The number of amides is 1. The van der Waals surface area contributed by atoms with Gasteiger partial charge in [0, 0.05) is 6.61 Å². The molecule has 7 heteroatoms. The highest BCUT2D eigenvalue weighted by atomic mass is 19.4. The van der Waals surface area contributed by atoms with E-state index in [1.807, 2.05) is 6.92 Å². The Morgan fingerprint density at radius 3 is 2.44 bits per heavy atom. The summed E-state index contributed by atoms with van der Waals surface area (Å²) in [6.07, 6.45) is -2.78. The first-order valence-electron chi connectivity index (χ1n) is 5.90. The number of alkyl halides is 3. The fourth-order valence-corrected chi connectivity index (χ4v) is 1.42. The number of nitrogens with two attached hydrogens (primary N) is 1. The molecule has 0 radical (unpaired) electrons. The molecule has 4 nitrogen and oxygen atoms in total. The highest BCUT2D eigenvalue weighted by molar-refractivity contribution is 5.84. The summed E-state index contributed by atoms with van der Waals surface area (Å²) in [6, 6.07) is 0. The molecule has 18 heavy (non-hydrogen) atoms. The van der Waals surface area contributed by atoms with Crippen LogP contribution in [0.1, 0.15) is 33.1 Å². The van der Waals surface area contributed by atoms with Crippen molar-refractivity contribution in [3.05, 3.63) is 0 Å². The Kier molecular flexibility index (Phi) is 7.23. The Morgan fingerprint density at radius 2 is 2.00 bits per heavy atom. The molecule has 0 aliphatic rings. The van der Waals surface area contributed by atoms with Gasteiger partial charge in [0.2, 0.25) is 5.91 Å². The molecule has 0 saturated heterocycles. The molecule has 0 rings (SSSR count). The first-order valence-corrected chi connectivity index (χ1v) is 5.90. The third-order valence-corrected chi connectivity index (χ3v) is 2.54. The van der Waals surface area contributed by atoms with E-state index >= 15 is 0 Å². The Labute approximate surface area is 105 Å². The lowest BCUT2D eigenvalue weighted by Crippen LogP contribution is -2.53. The van der Waals surface area contributed by atoms with Gasteiger partial charge in [0.05, 0.1) is 5.54 Å². The highest BCUT2D eigenvalue weighted by Crippen LogP contribution is 2.16. The van der Waals surface area contributed by atoms with Crippen LogP contribution in [0.4, 0.5) is 13.2 Å². The quantitative estimate of drug-likeness (QED) is 0.625. The Balaban J connectivity index is 3.95. The van der Waals surface area contributed by atoms with Crippen molar-refractivity contribution in [3.8, 4) is 0 Å². The van der Waals surface area contributed by atoms with Crippen LogP contribution in [0.3, 0.4) is 0 Å². The summed E-state index contributed by atoms with van der Waals surface area (Å²) in [6.45, 7) is 2.91. The van der Waals surface area contributed by atoms with E-state index in [-0.39, 0.29) is 6.61 Å². The average molecular weight is 270 g/mol. The van der Waals surface area contributed by atoms with Gasteiger partial charge in [-0.3, -0.25) is 4.79 Å². The second-order valence-electron chi connectivity index (χ2n) is 4.39. The lowest BCUT2D eigenvalue weighted by molar-refractivity contribution is -0.174. The number of carbonyl (C=O) groups is 1. The molecule has 0 saturated carbocycles. The average Bonchev–Trinajstić information content (AvgIpc) is 2.24. The molecule has 0 fully saturated rings. The predicted octanol–water partition coefficient (Wildman–Crippen LogP) is 1.59. The van der Waals surface area contributed by atoms with Crippen molar-refractivity contribution < 1.29 is 22.7 Å². The molecule has 1 amide bonds. The molecular formula is C11H21F3N2O2. The third kappa shape index (κ3) is 7.50. The van der Waals surface area contributed by atoms with Crippen molar-refractivity contribution in [1.29, 1.82) is 0 Å². The summed E-state index contributed by atoms with van der Waals surface area (Å²) < 4.78 is 39.9. The molecule has 0 aliphatic carbocycles. The van der Waals surface area contributed by atoms with Gasteiger partial charge in [-0.05, 0) is 32.7 Å². The van der Waals surface area contributed by atoms with E-state index < -0.39 is 24.2 Å². The molecule has 1 atom stereocenters. The summed E-state index contributed by atoms with van der Waals surface area (Å²) in [4.78, 5) is 11.3. The monoisotopic (exact) mass is 270 g/mol. The summed E-state index contributed by atoms with van der Waals surface area (Å²) in [7, 11) is 0. The fraction of sp³-hybridized carbons (Fsp3) is 0.909. The van der Waals surface area contributed by atoms with Gasteiger partial charge in [0.25, 0.3) is 0 Å². The molecule has 108 valence electrons. The maximum Gasteiger partial charge on any atom is 0.411 e. The number of carbonyl (C=O) groups excluding carboxylic acids is 1. The number of nitrogens with one attached hydrogen (secondary N) is 1. The largest absolute Gasteiger partial charge is 0.411 e. The van der Waals surface area contributed by atoms with Crippen LogP contribution in [0.2, 0.25) is 0 Å². The van der Waals surface area contributed by atoms with Gasteiger partial charge in [0.15, 0.2) is 0 Å². The van der Waals surface area contributed by atoms with E-state index in [1.165, 1.54) is 0 Å². The summed E-state index contributed by atoms with van der Waals surface area (Å²) in [5.41, 5.74) is 4.38. The molecule has 0 heterocycles. The van der Waals surface area contributed by atoms with Crippen molar-refractivity contribution in [3.63, 3.8) is 0 Å². The van der Waals surface area contributed by atoms with Crippen molar-refractivity contribution >= 4 is 5.91 Å². The zero-order valence-corrected chi connectivity index (χ0v) is 10.8. The standard InChI is InChI=1S/C11H21F3N2O2/c1-3-6-16-10(2,9(15)17)5-4-7-18-8-11(12,13)14/h16H,3-8H2,1-2H3,(H2,15,17). The van der Waals surface area contributed by atoms with E-state index in [4.69, 9.17) is 5.73 Å². The minimum Gasteiger partial charge on any atom is -0.372 e. The molecule has 0 bridgehead atoms. The van der Waals surface area contributed by atoms with Crippen LogP contribution >= 0.6 is 0 Å². The lowest BCUT2D eigenvalue weighted by atomic mass is 9.95. The second kappa shape index (κ2) is 7.58. The Bertz CT molecular complexity index is 259. The van der Waals surface area contributed by atoms with E-state index in [9.17, 15) is 18.0 Å². The third-order valence-electron chi connectivity index (χ3n) is 2.54.